The Labute approximate surface area is 108 Å². The number of aliphatic hydroxyl groups is 1. The van der Waals surface area contributed by atoms with E-state index in [4.69, 9.17) is 14.6 Å². The number of aliphatic carboxylic acids is 1. The molecule has 0 saturated carbocycles. The second kappa shape index (κ2) is 4.89. The molecule has 0 saturated heterocycles. The molecule has 1 atom stereocenters. The molecule has 0 spiro atoms. The zero-order valence-corrected chi connectivity index (χ0v) is 10.7. The van der Waals surface area contributed by atoms with Crippen LogP contribution in [0.1, 0.15) is 11.1 Å². The molecule has 19 heavy (non-hydrogen) atoms. The molecule has 0 aliphatic rings. The highest BCUT2D eigenvalue weighted by Crippen LogP contribution is 2.21. The second-order valence-corrected chi connectivity index (χ2v) is 4.61. The number of aliphatic hydroxyl groups excluding tert-OH is 1. The first-order chi connectivity index (χ1) is 8.93. The molecule has 0 bridgehead atoms. The summed E-state index contributed by atoms with van der Waals surface area (Å²) in [7, 11) is 1.62. The van der Waals surface area contributed by atoms with Gasteiger partial charge in [-0.25, -0.2) is 4.79 Å². The summed E-state index contributed by atoms with van der Waals surface area (Å²) in [6, 6.07) is 3.46. The van der Waals surface area contributed by atoms with E-state index in [1.165, 1.54) is 4.57 Å². The normalized spacial score (nSPS) is 12.8. The van der Waals surface area contributed by atoms with Gasteiger partial charge in [0.2, 0.25) is 0 Å². The molecule has 6 heteroatoms. The fourth-order valence-corrected chi connectivity index (χ4v) is 2.21. The maximum absolute atomic E-state index is 11.5. The van der Waals surface area contributed by atoms with Gasteiger partial charge in [0, 0.05) is 7.05 Å². The van der Waals surface area contributed by atoms with Crippen LogP contribution < -0.4 is 5.76 Å². The van der Waals surface area contributed by atoms with Crippen molar-refractivity contribution in [2.45, 2.75) is 13.3 Å². The minimum Gasteiger partial charge on any atom is -0.481 e. The SMILES string of the molecule is Cc1cc(C[C@H](CO)C(=O)O)cc2oc(=O)n(C)c12. The Bertz CT molecular complexity index is 682. The third-order valence-electron chi connectivity index (χ3n) is 3.18. The summed E-state index contributed by atoms with van der Waals surface area (Å²) in [6.45, 7) is 1.40. The van der Waals surface area contributed by atoms with Gasteiger partial charge in [0.15, 0.2) is 5.58 Å². The van der Waals surface area contributed by atoms with Gasteiger partial charge in [-0.15, -0.1) is 0 Å². The van der Waals surface area contributed by atoms with Gasteiger partial charge in [0.25, 0.3) is 0 Å². The highest BCUT2D eigenvalue weighted by Gasteiger charge is 2.18. The third-order valence-corrected chi connectivity index (χ3v) is 3.18. The number of hydrogen-bond donors (Lipinski definition) is 2. The van der Waals surface area contributed by atoms with Crippen molar-refractivity contribution >= 4 is 17.1 Å². The maximum Gasteiger partial charge on any atom is 0.419 e. The summed E-state index contributed by atoms with van der Waals surface area (Å²) in [6.07, 6.45) is 0.196. The number of aryl methyl sites for hydroxylation is 2. The predicted molar refractivity (Wildman–Crippen MR) is 68.1 cm³/mol. The summed E-state index contributed by atoms with van der Waals surface area (Å²) in [4.78, 5) is 22.4. The number of carboxylic acid groups (broad SMARTS) is 1. The minimum atomic E-state index is -1.05. The molecule has 0 unspecified atom stereocenters. The second-order valence-electron chi connectivity index (χ2n) is 4.61. The Morgan fingerprint density at radius 1 is 1.47 bits per heavy atom. The molecule has 2 aromatic rings. The summed E-state index contributed by atoms with van der Waals surface area (Å²) in [5.41, 5.74) is 2.69. The molecule has 0 radical (unpaired) electrons. The van der Waals surface area contributed by atoms with E-state index in [1.54, 1.807) is 13.1 Å². The number of carboxylic acids is 1. The smallest absolute Gasteiger partial charge is 0.419 e. The van der Waals surface area contributed by atoms with Crippen molar-refractivity contribution in [1.82, 2.24) is 4.57 Å². The molecule has 0 aliphatic carbocycles. The minimum absolute atomic E-state index is 0.196. The Hall–Kier alpha value is -2.08. The van der Waals surface area contributed by atoms with Crippen LogP contribution in [0.5, 0.6) is 0 Å². The summed E-state index contributed by atoms with van der Waals surface area (Å²) >= 11 is 0. The average molecular weight is 265 g/mol. The van der Waals surface area contributed by atoms with Crippen molar-refractivity contribution in [2.24, 2.45) is 13.0 Å². The van der Waals surface area contributed by atoms with Crippen LogP contribution in [0, 0.1) is 12.8 Å². The van der Waals surface area contributed by atoms with E-state index in [-0.39, 0.29) is 6.42 Å². The van der Waals surface area contributed by atoms with Crippen LogP contribution in [-0.2, 0) is 18.3 Å². The van der Waals surface area contributed by atoms with E-state index in [9.17, 15) is 9.59 Å². The van der Waals surface area contributed by atoms with Gasteiger partial charge in [0.05, 0.1) is 18.0 Å². The number of carbonyl (C=O) groups is 1. The van der Waals surface area contributed by atoms with Crippen molar-refractivity contribution in [3.05, 3.63) is 33.8 Å². The standard InChI is InChI=1S/C13H15NO5/c1-7-3-8(4-9(6-15)12(16)17)5-10-11(7)14(2)13(18)19-10/h3,5,9,15H,4,6H2,1-2H3,(H,16,17)/t9-/m1/s1. The van der Waals surface area contributed by atoms with E-state index in [0.717, 1.165) is 11.1 Å². The molecule has 0 fully saturated rings. The summed E-state index contributed by atoms with van der Waals surface area (Å²) in [5.74, 6) is -2.35. The molecule has 1 heterocycles. The van der Waals surface area contributed by atoms with Crippen LogP contribution in [-0.4, -0.2) is 27.4 Å². The molecule has 0 amide bonds. The number of nitrogens with zero attached hydrogens (tertiary/aromatic N) is 1. The van der Waals surface area contributed by atoms with Gasteiger partial charge in [-0.3, -0.25) is 9.36 Å². The first-order valence-corrected chi connectivity index (χ1v) is 5.86. The number of hydrogen-bond acceptors (Lipinski definition) is 4. The number of aromatic nitrogens is 1. The lowest BCUT2D eigenvalue weighted by molar-refractivity contribution is -0.143. The highest BCUT2D eigenvalue weighted by molar-refractivity contribution is 5.78. The largest absolute Gasteiger partial charge is 0.481 e. The summed E-state index contributed by atoms with van der Waals surface area (Å²) < 4.78 is 6.51. The topological polar surface area (TPSA) is 92.7 Å². The number of benzene rings is 1. The van der Waals surface area contributed by atoms with Crippen molar-refractivity contribution in [2.75, 3.05) is 6.61 Å². The van der Waals surface area contributed by atoms with Gasteiger partial charge in [-0.1, -0.05) is 6.07 Å². The first kappa shape index (κ1) is 13.4. The third kappa shape index (κ3) is 2.39. The summed E-state index contributed by atoms with van der Waals surface area (Å²) in [5, 5.41) is 18.0. The van der Waals surface area contributed by atoms with Gasteiger partial charge in [-0.2, -0.15) is 0 Å². The molecule has 6 nitrogen and oxygen atoms in total. The van der Waals surface area contributed by atoms with Gasteiger partial charge < -0.3 is 14.6 Å². The van der Waals surface area contributed by atoms with Crippen LogP contribution in [0.4, 0.5) is 0 Å². The molecular weight excluding hydrogens is 250 g/mol. The maximum atomic E-state index is 11.5. The molecule has 102 valence electrons. The van der Waals surface area contributed by atoms with Gasteiger partial charge in [-0.05, 0) is 30.5 Å². The monoisotopic (exact) mass is 265 g/mol. The van der Waals surface area contributed by atoms with Crippen LogP contribution in [0.25, 0.3) is 11.1 Å². The van der Waals surface area contributed by atoms with Crippen LogP contribution in [0.3, 0.4) is 0 Å². The van der Waals surface area contributed by atoms with Crippen molar-refractivity contribution in [3.8, 4) is 0 Å². The number of rotatable bonds is 4. The van der Waals surface area contributed by atoms with E-state index in [2.05, 4.69) is 0 Å². The van der Waals surface area contributed by atoms with Crippen molar-refractivity contribution in [3.63, 3.8) is 0 Å². The molecule has 2 N–H and O–H groups in total. The Morgan fingerprint density at radius 3 is 2.74 bits per heavy atom. The van der Waals surface area contributed by atoms with Gasteiger partial charge in [0.1, 0.15) is 0 Å². The van der Waals surface area contributed by atoms with Crippen LogP contribution >= 0.6 is 0 Å². The Balaban J connectivity index is 2.46. The quantitative estimate of drug-likeness (QED) is 0.847. The molecule has 2 rings (SSSR count). The lowest BCUT2D eigenvalue weighted by Crippen LogP contribution is -2.20. The Kier molecular flexibility index (Phi) is 3.44. The van der Waals surface area contributed by atoms with E-state index in [1.807, 2.05) is 13.0 Å². The fraction of sp³-hybridized carbons (Fsp3) is 0.385. The molecule has 0 aliphatic heterocycles. The molecule has 1 aromatic carbocycles. The highest BCUT2D eigenvalue weighted by atomic mass is 16.4. The first-order valence-electron chi connectivity index (χ1n) is 5.86. The average Bonchev–Trinajstić information content (AvgIpc) is 2.62. The van der Waals surface area contributed by atoms with E-state index >= 15 is 0 Å². The lowest BCUT2D eigenvalue weighted by atomic mass is 9.98. The molecular formula is C13H15NO5. The molecule has 1 aromatic heterocycles. The van der Waals surface area contributed by atoms with Crippen LogP contribution in [0.15, 0.2) is 21.3 Å². The zero-order valence-electron chi connectivity index (χ0n) is 10.7. The zero-order chi connectivity index (χ0) is 14.2. The number of fused-ring (bicyclic) bond motifs is 1. The number of oxazole rings is 1. The van der Waals surface area contributed by atoms with Crippen LogP contribution in [0.2, 0.25) is 0 Å². The lowest BCUT2D eigenvalue weighted by Gasteiger charge is -2.10. The van der Waals surface area contributed by atoms with Crippen molar-refractivity contribution in [1.29, 1.82) is 0 Å². The predicted octanol–water partition coefficient (Wildman–Crippen LogP) is 0.676. The van der Waals surface area contributed by atoms with E-state index in [0.29, 0.717) is 11.1 Å². The van der Waals surface area contributed by atoms with Crippen molar-refractivity contribution < 1.29 is 19.4 Å². The Morgan fingerprint density at radius 2 is 2.16 bits per heavy atom. The fourth-order valence-electron chi connectivity index (χ4n) is 2.21. The van der Waals surface area contributed by atoms with E-state index < -0.39 is 24.3 Å². The van der Waals surface area contributed by atoms with Gasteiger partial charge >= 0.3 is 11.7 Å².